The third-order valence-corrected chi connectivity index (χ3v) is 3.81. The smallest absolute Gasteiger partial charge is 0.142 e. The molecule has 0 fully saturated rings. The van der Waals surface area contributed by atoms with Crippen LogP contribution >= 0.6 is 31.9 Å². The highest BCUT2D eigenvalue weighted by Crippen LogP contribution is 2.37. The summed E-state index contributed by atoms with van der Waals surface area (Å²) in [4.78, 5) is 2.31. The van der Waals surface area contributed by atoms with E-state index >= 15 is 0 Å². The third-order valence-electron chi connectivity index (χ3n) is 2.76. The molecule has 0 spiro atoms. The topological polar surface area (TPSA) is 12.5 Å². The molecular weight excluding hydrogens is 334 g/mol. The van der Waals surface area contributed by atoms with Gasteiger partial charge in [-0.05, 0) is 48.8 Å². The maximum atomic E-state index is 5.81. The van der Waals surface area contributed by atoms with E-state index < -0.39 is 0 Å². The zero-order chi connectivity index (χ0) is 11.9. The van der Waals surface area contributed by atoms with E-state index in [1.807, 2.05) is 6.07 Å². The van der Waals surface area contributed by atoms with Crippen molar-refractivity contribution in [1.29, 1.82) is 0 Å². The van der Waals surface area contributed by atoms with Gasteiger partial charge in [-0.2, -0.15) is 0 Å². The number of ether oxygens (including phenoxy) is 1. The molecule has 1 aromatic carbocycles. The van der Waals surface area contributed by atoms with Crippen molar-refractivity contribution in [3.05, 3.63) is 26.6 Å². The molecule has 16 heavy (non-hydrogen) atoms. The van der Waals surface area contributed by atoms with E-state index in [0.717, 1.165) is 21.2 Å². The van der Waals surface area contributed by atoms with E-state index in [-0.39, 0.29) is 5.54 Å². The second-order valence-electron chi connectivity index (χ2n) is 5.02. The molecule has 1 aliphatic heterocycles. The van der Waals surface area contributed by atoms with Crippen molar-refractivity contribution in [3.8, 4) is 5.75 Å². The fourth-order valence-electron chi connectivity index (χ4n) is 1.72. The minimum atomic E-state index is 0.131. The Morgan fingerprint density at radius 3 is 2.56 bits per heavy atom. The predicted molar refractivity (Wildman–Crippen MR) is 72.6 cm³/mol. The second-order valence-corrected chi connectivity index (χ2v) is 6.79. The van der Waals surface area contributed by atoms with Gasteiger partial charge in [-0.15, -0.1) is 0 Å². The van der Waals surface area contributed by atoms with E-state index in [9.17, 15) is 0 Å². The molecule has 2 nitrogen and oxygen atoms in total. The molecule has 1 aromatic rings. The summed E-state index contributed by atoms with van der Waals surface area (Å²) >= 11 is 7.04. The monoisotopic (exact) mass is 347 g/mol. The number of hydrogen-bond acceptors (Lipinski definition) is 2. The van der Waals surface area contributed by atoms with Gasteiger partial charge in [0.25, 0.3) is 0 Å². The summed E-state index contributed by atoms with van der Waals surface area (Å²) in [5, 5.41) is 0. The van der Waals surface area contributed by atoms with Crippen LogP contribution in [0.5, 0.6) is 5.75 Å². The Balaban J connectivity index is 2.34. The van der Waals surface area contributed by atoms with Crippen LogP contribution in [0, 0.1) is 0 Å². The predicted octanol–water partition coefficient (Wildman–Crippen LogP) is 4.16. The van der Waals surface area contributed by atoms with E-state index in [4.69, 9.17) is 4.74 Å². The Labute approximate surface area is 113 Å². The molecule has 0 atom stereocenters. The fourth-order valence-corrected chi connectivity index (χ4v) is 3.15. The van der Waals surface area contributed by atoms with Crippen LogP contribution in [0.25, 0.3) is 0 Å². The quantitative estimate of drug-likeness (QED) is 0.697. The van der Waals surface area contributed by atoms with Gasteiger partial charge in [0.2, 0.25) is 0 Å². The van der Waals surface area contributed by atoms with Gasteiger partial charge in [0.15, 0.2) is 0 Å². The molecule has 88 valence electrons. The first-order chi connectivity index (χ1) is 7.38. The number of fused-ring (bicyclic) bond motifs is 1. The lowest BCUT2D eigenvalue weighted by Gasteiger charge is -2.39. The Morgan fingerprint density at radius 2 is 1.94 bits per heavy atom. The summed E-state index contributed by atoms with van der Waals surface area (Å²) in [6, 6.07) is 4.14. The maximum absolute atomic E-state index is 5.81. The van der Waals surface area contributed by atoms with Crippen LogP contribution in [0.3, 0.4) is 0 Å². The molecule has 0 unspecified atom stereocenters. The first kappa shape index (κ1) is 12.4. The summed E-state index contributed by atoms with van der Waals surface area (Å²) in [6.07, 6.45) is 0. The van der Waals surface area contributed by atoms with Gasteiger partial charge < -0.3 is 4.74 Å². The van der Waals surface area contributed by atoms with Crippen LogP contribution in [0.15, 0.2) is 21.1 Å². The molecule has 0 aromatic heterocycles. The summed E-state index contributed by atoms with van der Waals surface area (Å²) in [7, 11) is 0. The highest BCUT2D eigenvalue weighted by atomic mass is 79.9. The van der Waals surface area contributed by atoms with Crippen LogP contribution in [0.2, 0.25) is 0 Å². The molecular formula is C12H15Br2NO. The van der Waals surface area contributed by atoms with E-state index in [0.29, 0.717) is 6.73 Å². The lowest BCUT2D eigenvalue weighted by atomic mass is 10.0. The van der Waals surface area contributed by atoms with Gasteiger partial charge in [0.05, 0.1) is 4.47 Å². The van der Waals surface area contributed by atoms with Gasteiger partial charge in [-0.1, -0.05) is 15.9 Å². The fraction of sp³-hybridized carbons (Fsp3) is 0.500. The number of rotatable bonds is 0. The van der Waals surface area contributed by atoms with Crippen LogP contribution in [-0.2, 0) is 6.54 Å². The van der Waals surface area contributed by atoms with Crippen LogP contribution in [0.1, 0.15) is 26.3 Å². The molecule has 0 saturated carbocycles. The molecule has 1 aliphatic rings. The lowest BCUT2D eigenvalue weighted by molar-refractivity contribution is 0.0212. The minimum absolute atomic E-state index is 0.131. The summed E-state index contributed by atoms with van der Waals surface area (Å²) in [6.45, 7) is 8.19. The number of benzene rings is 1. The highest BCUT2D eigenvalue weighted by Gasteiger charge is 2.27. The van der Waals surface area contributed by atoms with Crippen molar-refractivity contribution in [1.82, 2.24) is 4.90 Å². The van der Waals surface area contributed by atoms with Crippen molar-refractivity contribution >= 4 is 31.9 Å². The molecule has 2 rings (SSSR count). The molecule has 0 aliphatic carbocycles. The number of nitrogens with zero attached hydrogens (tertiary/aromatic N) is 1. The average molecular weight is 349 g/mol. The average Bonchev–Trinajstić information content (AvgIpc) is 2.15. The largest absolute Gasteiger partial charge is 0.477 e. The van der Waals surface area contributed by atoms with Gasteiger partial charge in [-0.3, -0.25) is 4.90 Å². The van der Waals surface area contributed by atoms with Gasteiger partial charge in [0, 0.05) is 22.1 Å². The Morgan fingerprint density at radius 1 is 1.25 bits per heavy atom. The SMILES string of the molecule is CC(C)(C)N1COc2c(Br)cc(Br)cc2C1. The van der Waals surface area contributed by atoms with Crippen LogP contribution in [0.4, 0.5) is 0 Å². The van der Waals surface area contributed by atoms with Crippen molar-refractivity contribution in [2.24, 2.45) is 0 Å². The summed E-state index contributed by atoms with van der Waals surface area (Å²) in [5.74, 6) is 0.976. The van der Waals surface area contributed by atoms with Gasteiger partial charge in [0.1, 0.15) is 12.5 Å². The zero-order valence-corrected chi connectivity index (χ0v) is 12.9. The summed E-state index contributed by atoms with van der Waals surface area (Å²) < 4.78 is 7.91. The molecule has 0 amide bonds. The Hall–Kier alpha value is -0.0600. The minimum Gasteiger partial charge on any atom is -0.477 e. The normalized spacial score (nSPS) is 16.8. The molecule has 0 radical (unpaired) electrons. The number of hydrogen-bond donors (Lipinski definition) is 0. The zero-order valence-electron chi connectivity index (χ0n) is 9.68. The van der Waals surface area contributed by atoms with Crippen molar-refractivity contribution in [3.63, 3.8) is 0 Å². The molecule has 1 heterocycles. The standard InChI is InChI=1S/C12H15Br2NO/c1-12(2,3)15-6-8-4-9(13)5-10(14)11(8)16-7-15/h4-5H,6-7H2,1-3H3. The Kier molecular flexibility index (Phi) is 3.34. The van der Waals surface area contributed by atoms with Gasteiger partial charge >= 0.3 is 0 Å². The highest BCUT2D eigenvalue weighted by molar-refractivity contribution is 9.11. The van der Waals surface area contributed by atoms with Crippen LogP contribution in [-0.4, -0.2) is 17.2 Å². The molecule has 0 saturated heterocycles. The van der Waals surface area contributed by atoms with Crippen molar-refractivity contribution in [2.75, 3.05) is 6.73 Å². The van der Waals surface area contributed by atoms with E-state index in [1.54, 1.807) is 0 Å². The molecule has 4 heteroatoms. The van der Waals surface area contributed by atoms with Crippen molar-refractivity contribution in [2.45, 2.75) is 32.9 Å². The second kappa shape index (κ2) is 4.31. The third kappa shape index (κ3) is 2.44. The Bertz CT molecular complexity index is 412. The maximum Gasteiger partial charge on any atom is 0.142 e. The van der Waals surface area contributed by atoms with Crippen molar-refractivity contribution < 1.29 is 4.74 Å². The van der Waals surface area contributed by atoms with E-state index in [1.165, 1.54) is 5.56 Å². The van der Waals surface area contributed by atoms with Gasteiger partial charge in [-0.25, -0.2) is 0 Å². The summed E-state index contributed by atoms with van der Waals surface area (Å²) in [5.41, 5.74) is 1.36. The first-order valence-corrected chi connectivity index (χ1v) is 6.82. The lowest BCUT2D eigenvalue weighted by Crippen LogP contribution is -2.45. The molecule has 0 bridgehead atoms. The molecule has 0 N–H and O–H groups in total. The van der Waals surface area contributed by atoms with Crippen LogP contribution < -0.4 is 4.74 Å². The first-order valence-electron chi connectivity index (χ1n) is 5.24. The van der Waals surface area contributed by atoms with E-state index in [2.05, 4.69) is 63.6 Å². The number of halogens is 2.